The first-order valence-corrected chi connectivity index (χ1v) is 6.81. The molecular weight excluding hydrogens is 268 g/mol. The Morgan fingerprint density at radius 2 is 2.06 bits per heavy atom. The van der Waals surface area contributed by atoms with Gasteiger partial charge < -0.3 is 15.3 Å². The molecule has 100 valence electrons. The van der Waals surface area contributed by atoms with Gasteiger partial charge in [-0.05, 0) is 49.8 Å². The minimum Gasteiger partial charge on any atom is -0.392 e. The first-order valence-electron chi connectivity index (χ1n) is 6.02. The van der Waals surface area contributed by atoms with Crippen LogP contribution in [0.3, 0.4) is 0 Å². The van der Waals surface area contributed by atoms with Crippen LogP contribution in [0.5, 0.6) is 0 Å². The molecule has 0 aliphatic heterocycles. The molecule has 0 radical (unpaired) electrons. The molecule has 18 heavy (non-hydrogen) atoms. The summed E-state index contributed by atoms with van der Waals surface area (Å²) in [5.74, 6) is 0. The van der Waals surface area contributed by atoms with Crippen LogP contribution < -0.4 is 5.32 Å². The van der Waals surface area contributed by atoms with Gasteiger partial charge in [-0.3, -0.25) is 0 Å². The van der Waals surface area contributed by atoms with Crippen LogP contribution >= 0.6 is 23.8 Å². The largest absolute Gasteiger partial charge is 0.392 e. The lowest BCUT2D eigenvalue weighted by molar-refractivity contribution is 0.160. The number of rotatable bonds is 5. The first kappa shape index (κ1) is 15.2. The highest BCUT2D eigenvalue weighted by molar-refractivity contribution is 7.80. The van der Waals surface area contributed by atoms with E-state index in [-0.39, 0.29) is 0 Å². The molecule has 0 saturated heterocycles. The van der Waals surface area contributed by atoms with Crippen molar-refractivity contribution in [3.05, 3.63) is 29.3 Å². The van der Waals surface area contributed by atoms with Crippen LogP contribution in [0.25, 0.3) is 0 Å². The smallest absolute Gasteiger partial charge is 0.173 e. The maximum atomic E-state index is 9.45. The molecule has 1 aromatic rings. The molecule has 5 heteroatoms. The van der Waals surface area contributed by atoms with Crippen molar-refractivity contribution < 1.29 is 5.11 Å². The first-order chi connectivity index (χ1) is 8.52. The zero-order chi connectivity index (χ0) is 13.5. The van der Waals surface area contributed by atoms with Gasteiger partial charge in [-0.25, -0.2) is 0 Å². The van der Waals surface area contributed by atoms with Gasteiger partial charge in [0.1, 0.15) is 0 Å². The zero-order valence-electron chi connectivity index (χ0n) is 10.7. The summed E-state index contributed by atoms with van der Waals surface area (Å²) < 4.78 is 0. The molecule has 1 aromatic carbocycles. The van der Waals surface area contributed by atoms with Gasteiger partial charge in [0.25, 0.3) is 0 Å². The van der Waals surface area contributed by atoms with Gasteiger partial charge in [-0.2, -0.15) is 0 Å². The lowest BCUT2D eigenvalue weighted by Crippen LogP contribution is -2.39. The molecule has 0 amide bonds. The van der Waals surface area contributed by atoms with E-state index in [1.165, 1.54) is 0 Å². The van der Waals surface area contributed by atoms with E-state index in [1.807, 2.05) is 29.2 Å². The number of nitrogens with one attached hydrogen (secondary N) is 1. The summed E-state index contributed by atoms with van der Waals surface area (Å²) in [5, 5.41) is 13.9. The number of benzene rings is 1. The standard InChI is InChI=1S/C13H19ClN2OS/c1-3-8-16(9-10(2)17)13(18)15-12-6-4-11(14)5-7-12/h4-7,10,17H,3,8-9H2,1-2H3,(H,15,18)/t10-/m1/s1. The van der Waals surface area contributed by atoms with E-state index in [4.69, 9.17) is 23.8 Å². The van der Waals surface area contributed by atoms with Gasteiger partial charge in [0, 0.05) is 23.8 Å². The van der Waals surface area contributed by atoms with Crippen molar-refractivity contribution in [2.24, 2.45) is 0 Å². The van der Waals surface area contributed by atoms with E-state index in [1.54, 1.807) is 6.92 Å². The maximum Gasteiger partial charge on any atom is 0.173 e. The monoisotopic (exact) mass is 286 g/mol. The van der Waals surface area contributed by atoms with Crippen molar-refractivity contribution in [2.75, 3.05) is 18.4 Å². The molecular formula is C13H19ClN2OS. The van der Waals surface area contributed by atoms with Gasteiger partial charge in [-0.15, -0.1) is 0 Å². The Labute approximate surface area is 119 Å². The molecule has 1 atom stereocenters. The second kappa shape index (κ2) is 7.56. The predicted octanol–water partition coefficient (Wildman–Crippen LogP) is 3.13. The summed E-state index contributed by atoms with van der Waals surface area (Å²) in [6.07, 6.45) is 0.580. The number of hydrogen-bond acceptors (Lipinski definition) is 2. The van der Waals surface area contributed by atoms with Crippen molar-refractivity contribution >= 4 is 34.6 Å². The van der Waals surface area contributed by atoms with E-state index in [0.717, 1.165) is 18.7 Å². The fourth-order valence-electron chi connectivity index (χ4n) is 1.60. The Kier molecular flexibility index (Phi) is 6.39. The summed E-state index contributed by atoms with van der Waals surface area (Å²) in [5.41, 5.74) is 0.899. The van der Waals surface area contributed by atoms with Crippen LogP contribution in [0.15, 0.2) is 24.3 Å². The summed E-state index contributed by atoms with van der Waals surface area (Å²) >= 11 is 11.2. The third kappa shape index (κ3) is 5.21. The minimum absolute atomic E-state index is 0.401. The van der Waals surface area contributed by atoms with Crippen molar-refractivity contribution in [3.8, 4) is 0 Å². The fraction of sp³-hybridized carbons (Fsp3) is 0.462. The molecule has 0 bridgehead atoms. The highest BCUT2D eigenvalue weighted by atomic mass is 35.5. The second-order valence-electron chi connectivity index (χ2n) is 4.23. The third-order valence-corrected chi connectivity index (χ3v) is 2.97. The molecule has 0 aromatic heterocycles. The van der Waals surface area contributed by atoms with E-state index in [0.29, 0.717) is 16.7 Å². The number of nitrogens with zero attached hydrogens (tertiary/aromatic N) is 1. The van der Waals surface area contributed by atoms with Crippen LogP contribution in [-0.2, 0) is 0 Å². The van der Waals surface area contributed by atoms with Crippen molar-refractivity contribution in [2.45, 2.75) is 26.4 Å². The Bertz CT molecular complexity index is 381. The second-order valence-corrected chi connectivity index (χ2v) is 5.06. The quantitative estimate of drug-likeness (QED) is 0.815. The van der Waals surface area contributed by atoms with Gasteiger partial charge in [0.15, 0.2) is 5.11 Å². The lowest BCUT2D eigenvalue weighted by atomic mass is 10.3. The number of thiocarbonyl (C=S) groups is 1. The van der Waals surface area contributed by atoms with Gasteiger partial charge in [0.2, 0.25) is 0 Å². The summed E-state index contributed by atoms with van der Waals surface area (Å²) in [4.78, 5) is 1.97. The Morgan fingerprint density at radius 1 is 1.44 bits per heavy atom. The number of anilines is 1. The molecule has 0 unspecified atom stereocenters. The number of halogens is 1. The van der Waals surface area contributed by atoms with Gasteiger partial charge >= 0.3 is 0 Å². The Morgan fingerprint density at radius 3 is 2.56 bits per heavy atom. The summed E-state index contributed by atoms with van der Waals surface area (Å²) in [7, 11) is 0. The van der Waals surface area contributed by atoms with Crippen LogP contribution in [0.4, 0.5) is 5.69 Å². The number of aliphatic hydroxyl groups excluding tert-OH is 1. The minimum atomic E-state index is -0.401. The van der Waals surface area contributed by atoms with Gasteiger partial charge in [-0.1, -0.05) is 18.5 Å². The normalized spacial score (nSPS) is 12.0. The molecule has 2 N–H and O–H groups in total. The van der Waals surface area contributed by atoms with Crippen LogP contribution in [0.1, 0.15) is 20.3 Å². The van der Waals surface area contributed by atoms with E-state index in [2.05, 4.69) is 12.2 Å². The molecule has 0 heterocycles. The topological polar surface area (TPSA) is 35.5 Å². The fourth-order valence-corrected chi connectivity index (χ4v) is 2.01. The number of aliphatic hydroxyl groups is 1. The molecule has 3 nitrogen and oxygen atoms in total. The molecule has 0 spiro atoms. The van der Waals surface area contributed by atoms with Crippen molar-refractivity contribution in [1.29, 1.82) is 0 Å². The van der Waals surface area contributed by atoms with Gasteiger partial charge in [0.05, 0.1) is 6.10 Å². The summed E-state index contributed by atoms with van der Waals surface area (Å²) in [6.45, 7) is 5.20. The Hall–Kier alpha value is -0.840. The van der Waals surface area contributed by atoms with E-state index >= 15 is 0 Å². The average Bonchev–Trinajstić information content (AvgIpc) is 2.31. The molecule has 0 aliphatic carbocycles. The van der Waals surface area contributed by atoms with E-state index in [9.17, 15) is 5.11 Å². The van der Waals surface area contributed by atoms with Crippen molar-refractivity contribution in [3.63, 3.8) is 0 Å². The van der Waals surface area contributed by atoms with Crippen LogP contribution in [0, 0.1) is 0 Å². The maximum absolute atomic E-state index is 9.45. The zero-order valence-corrected chi connectivity index (χ0v) is 12.3. The molecule has 0 saturated carbocycles. The van der Waals surface area contributed by atoms with Crippen molar-refractivity contribution in [1.82, 2.24) is 4.90 Å². The molecule has 0 fully saturated rings. The predicted molar refractivity (Wildman–Crippen MR) is 81.2 cm³/mol. The highest BCUT2D eigenvalue weighted by Crippen LogP contribution is 2.14. The average molecular weight is 287 g/mol. The highest BCUT2D eigenvalue weighted by Gasteiger charge is 2.11. The number of hydrogen-bond donors (Lipinski definition) is 2. The van der Waals surface area contributed by atoms with Crippen LogP contribution in [-0.4, -0.2) is 34.3 Å². The molecule has 0 aliphatic rings. The SMILES string of the molecule is CCCN(C[C@@H](C)O)C(=S)Nc1ccc(Cl)cc1. The molecule has 1 rings (SSSR count). The third-order valence-electron chi connectivity index (χ3n) is 2.36. The van der Waals surface area contributed by atoms with Crippen LogP contribution in [0.2, 0.25) is 5.02 Å². The Balaban J connectivity index is 2.63. The lowest BCUT2D eigenvalue weighted by Gasteiger charge is -2.26. The summed E-state index contributed by atoms with van der Waals surface area (Å²) in [6, 6.07) is 7.37. The van der Waals surface area contributed by atoms with E-state index < -0.39 is 6.10 Å².